The van der Waals surface area contributed by atoms with E-state index in [1.165, 1.54) is 24.3 Å². The second kappa shape index (κ2) is 5.48. The Morgan fingerprint density at radius 1 is 1.28 bits per heavy atom. The standard InChI is InChI=1S/C13H13ClFNO2/c14-12(17)10-2-1-7-16(8-10)13(18)9-3-5-11(15)6-4-9/h3-6,10H,1-2,7-8H2. The van der Waals surface area contributed by atoms with E-state index in [-0.39, 0.29) is 17.6 Å². The highest BCUT2D eigenvalue weighted by Crippen LogP contribution is 2.20. The van der Waals surface area contributed by atoms with E-state index in [9.17, 15) is 14.0 Å². The van der Waals surface area contributed by atoms with Crippen molar-refractivity contribution in [3.05, 3.63) is 35.6 Å². The molecule has 1 aromatic carbocycles. The number of carbonyl (C=O) groups is 2. The number of carbonyl (C=O) groups excluding carboxylic acids is 2. The first-order valence-corrected chi connectivity index (χ1v) is 6.20. The topological polar surface area (TPSA) is 37.4 Å². The van der Waals surface area contributed by atoms with Crippen LogP contribution in [-0.2, 0) is 4.79 Å². The number of likely N-dealkylation sites (tertiary alicyclic amines) is 1. The van der Waals surface area contributed by atoms with E-state index in [0.717, 1.165) is 12.8 Å². The van der Waals surface area contributed by atoms with Gasteiger partial charge >= 0.3 is 0 Å². The Labute approximate surface area is 110 Å². The molecular formula is C13H13ClFNO2. The number of amides is 1. The lowest BCUT2D eigenvalue weighted by molar-refractivity contribution is -0.116. The summed E-state index contributed by atoms with van der Waals surface area (Å²) in [7, 11) is 0. The molecule has 1 amide bonds. The minimum Gasteiger partial charge on any atom is -0.338 e. The van der Waals surface area contributed by atoms with Gasteiger partial charge in [-0.1, -0.05) is 0 Å². The first-order valence-electron chi connectivity index (χ1n) is 5.82. The van der Waals surface area contributed by atoms with Crippen LogP contribution in [0.2, 0.25) is 0 Å². The van der Waals surface area contributed by atoms with Gasteiger partial charge in [-0.05, 0) is 48.7 Å². The molecule has 3 nitrogen and oxygen atoms in total. The number of hydrogen-bond donors (Lipinski definition) is 0. The quantitative estimate of drug-likeness (QED) is 0.774. The van der Waals surface area contributed by atoms with Crippen molar-refractivity contribution in [2.24, 2.45) is 5.92 Å². The molecule has 5 heteroatoms. The fraction of sp³-hybridized carbons (Fsp3) is 0.385. The fourth-order valence-corrected chi connectivity index (χ4v) is 2.30. The van der Waals surface area contributed by atoms with Crippen LogP contribution >= 0.6 is 11.6 Å². The van der Waals surface area contributed by atoms with Gasteiger partial charge in [-0.2, -0.15) is 0 Å². The zero-order valence-corrected chi connectivity index (χ0v) is 10.5. The molecule has 0 aromatic heterocycles. The maximum atomic E-state index is 12.8. The van der Waals surface area contributed by atoms with E-state index in [4.69, 9.17) is 11.6 Å². The molecule has 0 saturated carbocycles. The van der Waals surface area contributed by atoms with E-state index >= 15 is 0 Å². The molecule has 1 unspecified atom stereocenters. The molecule has 1 heterocycles. The molecule has 2 rings (SSSR count). The summed E-state index contributed by atoms with van der Waals surface area (Å²) in [6.45, 7) is 0.954. The van der Waals surface area contributed by atoms with Crippen LogP contribution in [0.4, 0.5) is 4.39 Å². The van der Waals surface area contributed by atoms with Gasteiger partial charge in [0.2, 0.25) is 5.24 Å². The number of nitrogens with zero attached hydrogens (tertiary/aromatic N) is 1. The number of hydrogen-bond acceptors (Lipinski definition) is 2. The summed E-state index contributed by atoms with van der Waals surface area (Å²) in [5.41, 5.74) is 0.430. The molecular weight excluding hydrogens is 257 g/mol. The SMILES string of the molecule is O=C(Cl)C1CCCN(C(=O)c2ccc(F)cc2)C1. The summed E-state index contributed by atoms with van der Waals surface area (Å²) < 4.78 is 12.8. The molecule has 0 bridgehead atoms. The predicted octanol–water partition coefficient (Wildman–Crippen LogP) is 2.44. The van der Waals surface area contributed by atoms with Crippen LogP contribution in [0, 0.1) is 11.7 Å². The minimum absolute atomic E-state index is 0.183. The van der Waals surface area contributed by atoms with Gasteiger partial charge in [-0.3, -0.25) is 9.59 Å². The first kappa shape index (κ1) is 13.0. The highest BCUT2D eigenvalue weighted by molar-refractivity contribution is 6.64. The average molecular weight is 270 g/mol. The zero-order valence-electron chi connectivity index (χ0n) is 9.73. The third kappa shape index (κ3) is 2.88. The fourth-order valence-electron chi connectivity index (χ4n) is 2.12. The first-order chi connectivity index (χ1) is 8.58. The van der Waals surface area contributed by atoms with E-state index in [1.54, 1.807) is 4.90 Å². The van der Waals surface area contributed by atoms with Crippen molar-refractivity contribution in [2.45, 2.75) is 12.8 Å². The summed E-state index contributed by atoms with van der Waals surface area (Å²) in [5.74, 6) is -0.846. The van der Waals surface area contributed by atoms with Gasteiger partial charge in [0.05, 0.1) is 5.92 Å². The van der Waals surface area contributed by atoms with Crippen LogP contribution in [0.25, 0.3) is 0 Å². The summed E-state index contributed by atoms with van der Waals surface area (Å²) in [6, 6.07) is 5.40. The number of halogens is 2. The molecule has 1 aliphatic heterocycles. The highest BCUT2D eigenvalue weighted by Gasteiger charge is 2.27. The van der Waals surface area contributed by atoms with Gasteiger partial charge in [0.25, 0.3) is 5.91 Å². The largest absolute Gasteiger partial charge is 0.338 e. The lowest BCUT2D eigenvalue weighted by Gasteiger charge is -2.31. The van der Waals surface area contributed by atoms with Crippen LogP contribution in [0.1, 0.15) is 23.2 Å². The Morgan fingerprint density at radius 2 is 1.94 bits per heavy atom. The average Bonchev–Trinajstić information content (AvgIpc) is 2.39. The summed E-state index contributed by atoms with van der Waals surface area (Å²) in [5, 5.41) is -0.397. The molecule has 0 N–H and O–H groups in total. The normalized spacial score (nSPS) is 19.7. The van der Waals surface area contributed by atoms with Crippen molar-refractivity contribution in [3.63, 3.8) is 0 Å². The molecule has 1 aliphatic rings. The molecule has 18 heavy (non-hydrogen) atoms. The van der Waals surface area contributed by atoms with Crippen LogP contribution < -0.4 is 0 Å². The predicted molar refractivity (Wildman–Crippen MR) is 65.9 cm³/mol. The van der Waals surface area contributed by atoms with Gasteiger partial charge in [0.1, 0.15) is 5.82 Å². The molecule has 1 atom stereocenters. The maximum absolute atomic E-state index is 12.8. The third-order valence-electron chi connectivity index (χ3n) is 3.12. The Hall–Kier alpha value is -1.42. The molecule has 1 fully saturated rings. The monoisotopic (exact) mass is 269 g/mol. The van der Waals surface area contributed by atoms with E-state index in [2.05, 4.69) is 0 Å². The molecule has 0 aliphatic carbocycles. The third-order valence-corrected chi connectivity index (χ3v) is 3.43. The van der Waals surface area contributed by atoms with Crippen LogP contribution in [0.5, 0.6) is 0 Å². The van der Waals surface area contributed by atoms with Crippen LogP contribution in [0.15, 0.2) is 24.3 Å². The van der Waals surface area contributed by atoms with Crippen LogP contribution in [-0.4, -0.2) is 29.1 Å². The Bertz CT molecular complexity index is 461. The lowest BCUT2D eigenvalue weighted by Crippen LogP contribution is -2.41. The molecule has 1 aromatic rings. The Balaban J connectivity index is 2.09. The molecule has 0 spiro atoms. The van der Waals surface area contributed by atoms with E-state index in [0.29, 0.717) is 18.7 Å². The van der Waals surface area contributed by atoms with Crippen molar-refractivity contribution >= 4 is 22.8 Å². The van der Waals surface area contributed by atoms with Gasteiger partial charge in [-0.15, -0.1) is 0 Å². The van der Waals surface area contributed by atoms with E-state index in [1.807, 2.05) is 0 Å². The van der Waals surface area contributed by atoms with E-state index < -0.39 is 5.24 Å². The van der Waals surface area contributed by atoms with Crippen molar-refractivity contribution in [1.82, 2.24) is 4.90 Å². The summed E-state index contributed by atoms with van der Waals surface area (Å²) in [6.07, 6.45) is 1.48. The Kier molecular flexibility index (Phi) is 3.97. The highest BCUT2D eigenvalue weighted by atomic mass is 35.5. The van der Waals surface area contributed by atoms with Gasteiger partial charge in [-0.25, -0.2) is 4.39 Å². The van der Waals surface area contributed by atoms with Crippen molar-refractivity contribution in [2.75, 3.05) is 13.1 Å². The smallest absolute Gasteiger partial charge is 0.253 e. The molecule has 96 valence electrons. The minimum atomic E-state index is -0.397. The molecule has 0 radical (unpaired) electrons. The maximum Gasteiger partial charge on any atom is 0.253 e. The van der Waals surface area contributed by atoms with Crippen molar-refractivity contribution in [3.8, 4) is 0 Å². The van der Waals surface area contributed by atoms with Crippen molar-refractivity contribution < 1.29 is 14.0 Å². The zero-order chi connectivity index (χ0) is 13.1. The number of rotatable bonds is 2. The number of piperidine rings is 1. The van der Waals surface area contributed by atoms with Gasteiger partial charge in [0.15, 0.2) is 0 Å². The Morgan fingerprint density at radius 3 is 2.56 bits per heavy atom. The van der Waals surface area contributed by atoms with Crippen LogP contribution in [0.3, 0.4) is 0 Å². The second-order valence-electron chi connectivity index (χ2n) is 4.40. The molecule has 1 saturated heterocycles. The van der Waals surface area contributed by atoms with Gasteiger partial charge in [0, 0.05) is 18.7 Å². The number of benzene rings is 1. The van der Waals surface area contributed by atoms with Crippen molar-refractivity contribution in [1.29, 1.82) is 0 Å². The summed E-state index contributed by atoms with van der Waals surface area (Å²) in [4.78, 5) is 24.9. The van der Waals surface area contributed by atoms with Gasteiger partial charge < -0.3 is 4.90 Å². The lowest BCUT2D eigenvalue weighted by atomic mass is 9.98. The summed E-state index contributed by atoms with van der Waals surface area (Å²) >= 11 is 5.47. The second-order valence-corrected chi connectivity index (χ2v) is 4.77.